The molecular formula is C33H28F2N2O3. The SMILES string of the molecule is O=C(O)c1ccc2c(c1)nc(-c1ccc(OC(c3ccc(F)cc3)c3ccc(F)cc3)cc1)n2C1CCCCC1. The average Bonchev–Trinajstić information content (AvgIpc) is 3.37. The highest BCUT2D eigenvalue weighted by atomic mass is 19.1. The van der Waals surface area contributed by atoms with Crippen LogP contribution in [0, 0.1) is 11.6 Å². The van der Waals surface area contributed by atoms with Crippen LogP contribution < -0.4 is 4.74 Å². The zero-order valence-electron chi connectivity index (χ0n) is 21.8. The largest absolute Gasteiger partial charge is 0.481 e. The van der Waals surface area contributed by atoms with Crippen LogP contribution in [0.15, 0.2) is 91.0 Å². The summed E-state index contributed by atoms with van der Waals surface area (Å²) in [5, 5.41) is 9.49. The maximum absolute atomic E-state index is 13.6. The summed E-state index contributed by atoms with van der Waals surface area (Å²) in [5.74, 6) is -0.279. The molecule has 0 spiro atoms. The highest BCUT2D eigenvalue weighted by Gasteiger charge is 2.23. The van der Waals surface area contributed by atoms with E-state index in [2.05, 4.69) is 4.57 Å². The number of hydrogen-bond donors (Lipinski definition) is 1. The standard InChI is InChI=1S/C33H28F2N2O3/c34-25-13-6-21(7-14-25)31(22-8-15-26(35)16-9-22)40-28-17-10-23(11-18-28)32-36-29-20-24(33(38)39)12-19-30(29)37(32)27-4-2-1-3-5-27/h6-20,27,31H,1-5H2,(H,38,39). The molecule has 1 N–H and O–H groups in total. The van der Waals surface area contributed by atoms with Gasteiger partial charge in [-0.15, -0.1) is 0 Å². The summed E-state index contributed by atoms with van der Waals surface area (Å²) < 4.78 is 35.9. The van der Waals surface area contributed by atoms with E-state index in [4.69, 9.17) is 9.72 Å². The predicted octanol–water partition coefficient (Wildman–Crippen LogP) is 8.35. The lowest BCUT2D eigenvalue weighted by atomic mass is 9.95. The van der Waals surface area contributed by atoms with E-state index in [0.717, 1.165) is 53.7 Å². The van der Waals surface area contributed by atoms with Gasteiger partial charge in [-0.2, -0.15) is 0 Å². The second-order valence-electron chi connectivity index (χ2n) is 10.2. The number of fused-ring (bicyclic) bond motifs is 1. The van der Waals surface area contributed by atoms with E-state index in [1.165, 1.54) is 30.7 Å². The number of hydrogen-bond acceptors (Lipinski definition) is 3. The first kappa shape index (κ1) is 25.7. The summed E-state index contributed by atoms with van der Waals surface area (Å²) in [4.78, 5) is 16.5. The van der Waals surface area contributed by atoms with Gasteiger partial charge in [0.2, 0.25) is 0 Å². The van der Waals surface area contributed by atoms with Crippen molar-refractivity contribution in [2.75, 3.05) is 0 Å². The molecular weight excluding hydrogens is 510 g/mol. The number of carboxylic acids is 1. The van der Waals surface area contributed by atoms with Crippen molar-refractivity contribution in [1.29, 1.82) is 0 Å². The number of nitrogens with zero attached hydrogens (tertiary/aromatic N) is 2. The molecule has 1 aromatic heterocycles. The number of aromatic nitrogens is 2. The maximum Gasteiger partial charge on any atom is 0.335 e. The minimum atomic E-state index is -0.978. The van der Waals surface area contributed by atoms with Crippen molar-refractivity contribution < 1.29 is 23.4 Å². The second kappa shape index (κ2) is 10.9. The van der Waals surface area contributed by atoms with E-state index in [1.807, 2.05) is 30.3 Å². The number of carboxylic acid groups (broad SMARTS) is 1. The Hall–Kier alpha value is -4.52. The van der Waals surface area contributed by atoms with Crippen molar-refractivity contribution >= 4 is 17.0 Å². The molecule has 0 atom stereocenters. The summed E-state index contributed by atoms with van der Waals surface area (Å²) in [6, 6.07) is 25.2. The zero-order valence-corrected chi connectivity index (χ0v) is 21.8. The summed E-state index contributed by atoms with van der Waals surface area (Å²) in [5.41, 5.74) is 4.18. The normalized spacial score (nSPS) is 14.1. The van der Waals surface area contributed by atoms with Gasteiger partial charge in [0, 0.05) is 11.6 Å². The number of rotatable bonds is 7. The molecule has 40 heavy (non-hydrogen) atoms. The summed E-state index contributed by atoms with van der Waals surface area (Å²) in [6.45, 7) is 0. The lowest BCUT2D eigenvalue weighted by Gasteiger charge is -2.26. The Kier molecular flexibility index (Phi) is 7.03. The minimum absolute atomic E-state index is 0.212. The van der Waals surface area contributed by atoms with E-state index in [9.17, 15) is 18.7 Å². The fraction of sp³-hybridized carbons (Fsp3) is 0.212. The van der Waals surface area contributed by atoms with Crippen molar-refractivity contribution in [3.63, 3.8) is 0 Å². The maximum atomic E-state index is 13.6. The lowest BCUT2D eigenvalue weighted by molar-refractivity contribution is 0.0697. The van der Waals surface area contributed by atoms with Crippen LogP contribution in [0.1, 0.15) is 65.7 Å². The van der Waals surface area contributed by atoms with Gasteiger partial charge < -0.3 is 14.4 Å². The molecule has 6 rings (SSSR count). The van der Waals surface area contributed by atoms with Crippen LogP contribution in [0.2, 0.25) is 0 Å². The molecule has 1 aliphatic rings. The highest BCUT2D eigenvalue weighted by Crippen LogP contribution is 2.37. The third-order valence-corrected chi connectivity index (χ3v) is 7.59. The summed E-state index contributed by atoms with van der Waals surface area (Å²) >= 11 is 0. The van der Waals surface area contributed by atoms with Crippen molar-refractivity contribution in [1.82, 2.24) is 9.55 Å². The number of carbonyl (C=O) groups is 1. The van der Waals surface area contributed by atoms with Gasteiger partial charge in [-0.1, -0.05) is 43.5 Å². The van der Waals surface area contributed by atoms with Crippen LogP contribution >= 0.6 is 0 Å². The number of imidazole rings is 1. The van der Waals surface area contributed by atoms with E-state index >= 15 is 0 Å². The smallest absolute Gasteiger partial charge is 0.335 e. The molecule has 1 heterocycles. The van der Waals surface area contributed by atoms with Crippen LogP contribution in [-0.4, -0.2) is 20.6 Å². The average molecular weight is 539 g/mol. The van der Waals surface area contributed by atoms with Gasteiger partial charge in [-0.3, -0.25) is 0 Å². The minimum Gasteiger partial charge on any atom is -0.481 e. The van der Waals surface area contributed by atoms with Crippen molar-refractivity contribution in [3.05, 3.63) is 119 Å². The second-order valence-corrected chi connectivity index (χ2v) is 10.2. The van der Waals surface area contributed by atoms with E-state index in [-0.39, 0.29) is 17.2 Å². The van der Waals surface area contributed by atoms with Crippen LogP contribution in [0.5, 0.6) is 5.75 Å². The number of halogens is 2. The van der Waals surface area contributed by atoms with Crippen molar-refractivity contribution in [2.45, 2.75) is 44.2 Å². The molecule has 0 amide bonds. The van der Waals surface area contributed by atoms with Gasteiger partial charge in [0.15, 0.2) is 0 Å². The molecule has 1 fully saturated rings. The van der Waals surface area contributed by atoms with Gasteiger partial charge in [0.1, 0.15) is 29.3 Å². The molecule has 5 aromatic rings. The zero-order chi connectivity index (χ0) is 27.6. The van der Waals surface area contributed by atoms with Gasteiger partial charge >= 0.3 is 5.97 Å². The topological polar surface area (TPSA) is 64.3 Å². The first-order valence-corrected chi connectivity index (χ1v) is 13.5. The molecule has 7 heteroatoms. The Morgan fingerprint density at radius 2 is 1.43 bits per heavy atom. The first-order chi connectivity index (χ1) is 19.5. The number of ether oxygens (including phenoxy) is 1. The Morgan fingerprint density at radius 1 is 0.825 bits per heavy atom. The summed E-state index contributed by atoms with van der Waals surface area (Å²) in [6.07, 6.45) is 5.06. The molecule has 5 nitrogen and oxygen atoms in total. The van der Waals surface area contributed by atoms with Crippen LogP contribution in [-0.2, 0) is 0 Å². The molecule has 4 aromatic carbocycles. The lowest BCUT2D eigenvalue weighted by Crippen LogP contribution is -2.14. The number of benzene rings is 4. The molecule has 202 valence electrons. The van der Waals surface area contributed by atoms with E-state index in [1.54, 1.807) is 36.4 Å². The van der Waals surface area contributed by atoms with Gasteiger partial charge in [0.05, 0.1) is 16.6 Å². The van der Waals surface area contributed by atoms with E-state index < -0.39 is 12.1 Å². The highest BCUT2D eigenvalue weighted by molar-refractivity contribution is 5.93. The fourth-order valence-corrected chi connectivity index (χ4v) is 5.57. The molecule has 1 saturated carbocycles. The van der Waals surface area contributed by atoms with Crippen molar-refractivity contribution in [2.24, 2.45) is 0 Å². The van der Waals surface area contributed by atoms with Crippen LogP contribution in [0.4, 0.5) is 8.78 Å². The Balaban J connectivity index is 1.36. The predicted molar refractivity (Wildman–Crippen MR) is 150 cm³/mol. The Bertz CT molecular complexity index is 1590. The quantitative estimate of drug-likeness (QED) is 0.226. The van der Waals surface area contributed by atoms with Crippen molar-refractivity contribution in [3.8, 4) is 17.1 Å². The Morgan fingerprint density at radius 3 is 2.00 bits per heavy atom. The molecule has 0 saturated heterocycles. The van der Waals surface area contributed by atoms with Gasteiger partial charge in [-0.25, -0.2) is 18.6 Å². The van der Waals surface area contributed by atoms with Gasteiger partial charge in [0.25, 0.3) is 0 Å². The molecule has 1 aliphatic carbocycles. The molecule has 0 aliphatic heterocycles. The van der Waals surface area contributed by atoms with Crippen LogP contribution in [0.25, 0.3) is 22.4 Å². The first-order valence-electron chi connectivity index (χ1n) is 13.5. The van der Waals surface area contributed by atoms with E-state index in [0.29, 0.717) is 17.3 Å². The Labute approximate surface area is 230 Å². The third-order valence-electron chi connectivity index (χ3n) is 7.59. The monoisotopic (exact) mass is 538 g/mol. The van der Waals surface area contributed by atoms with Gasteiger partial charge in [-0.05, 0) is 90.7 Å². The molecule has 0 bridgehead atoms. The fourth-order valence-electron chi connectivity index (χ4n) is 5.57. The molecule has 0 radical (unpaired) electrons. The molecule has 0 unspecified atom stereocenters. The summed E-state index contributed by atoms with van der Waals surface area (Å²) in [7, 11) is 0. The van der Waals surface area contributed by atoms with Crippen LogP contribution in [0.3, 0.4) is 0 Å². The third kappa shape index (κ3) is 5.19. The number of aromatic carboxylic acids is 1.